The Bertz CT molecular complexity index is 2220. The van der Waals surface area contributed by atoms with Crippen molar-refractivity contribution in [3.63, 3.8) is 0 Å². The highest BCUT2D eigenvalue weighted by molar-refractivity contribution is 6.04. The van der Waals surface area contributed by atoms with Crippen LogP contribution in [-0.4, -0.2) is 63.4 Å². The molecule has 0 saturated heterocycles. The van der Waals surface area contributed by atoms with E-state index < -0.39 is 5.91 Å². The lowest BCUT2D eigenvalue weighted by molar-refractivity contribution is 0.0995. The number of amides is 3. The molecular formula is C35H42N12O3. The average molecular weight is 679 g/mol. The van der Waals surface area contributed by atoms with E-state index in [1.807, 2.05) is 62.1 Å². The summed E-state index contributed by atoms with van der Waals surface area (Å²) in [6.07, 6.45) is 1.41. The maximum Gasteiger partial charge on any atom is 0.276 e. The number of hydrogen-bond donors (Lipinski definition) is 4. The number of carbonyl (C=O) groups is 3. The highest BCUT2D eigenvalue weighted by atomic mass is 16.2. The van der Waals surface area contributed by atoms with Crippen molar-refractivity contribution >= 4 is 51.7 Å². The molecule has 0 aliphatic heterocycles. The van der Waals surface area contributed by atoms with Crippen LogP contribution in [0.3, 0.4) is 0 Å². The first-order valence-electron chi connectivity index (χ1n) is 16.8. The van der Waals surface area contributed by atoms with Crippen LogP contribution in [0.15, 0.2) is 48.5 Å². The molecule has 15 heteroatoms. The van der Waals surface area contributed by atoms with Crippen molar-refractivity contribution in [3.05, 3.63) is 82.4 Å². The van der Waals surface area contributed by atoms with Crippen LogP contribution in [0.4, 0.5) is 11.9 Å². The van der Waals surface area contributed by atoms with Gasteiger partial charge in [-0.3, -0.25) is 34.4 Å². The minimum absolute atomic E-state index is 0.278. The van der Waals surface area contributed by atoms with Crippen LogP contribution in [0.25, 0.3) is 22.1 Å². The third-order valence-corrected chi connectivity index (χ3v) is 8.60. The van der Waals surface area contributed by atoms with E-state index in [4.69, 9.17) is 10.7 Å². The number of nitrogens with one attached hydrogen (secondary N) is 3. The van der Waals surface area contributed by atoms with Crippen molar-refractivity contribution in [2.75, 3.05) is 17.7 Å². The molecule has 0 atom stereocenters. The summed E-state index contributed by atoms with van der Waals surface area (Å²) in [5.41, 5.74) is 12.3. The van der Waals surface area contributed by atoms with Gasteiger partial charge in [0.1, 0.15) is 11.4 Å². The molecule has 0 bridgehead atoms. The van der Waals surface area contributed by atoms with Gasteiger partial charge in [-0.1, -0.05) is 12.1 Å². The summed E-state index contributed by atoms with van der Waals surface area (Å²) in [5, 5.41) is 18.0. The van der Waals surface area contributed by atoms with Crippen molar-refractivity contribution in [2.45, 2.75) is 73.3 Å². The fourth-order valence-corrected chi connectivity index (χ4v) is 6.27. The molecule has 0 saturated carbocycles. The van der Waals surface area contributed by atoms with Gasteiger partial charge in [-0.05, 0) is 89.5 Å². The number of primary amides is 1. The van der Waals surface area contributed by atoms with E-state index in [9.17, 15) is 14.4 Å². The van der Waals surface area contributed by atoms with Crippen molar-refractivity contribution in [1.29, 1.82) is 0 Å². The van der Waals surface area contributed by atoms with Gasteiger partial charge in [0.25, 0.3) is 11.8 Å². The number of benzene rings is 2. The van der Waals surface area contributed by atoms with E-state index in [0.29, 0.717) is 79.9 Å². The first-order chi connectivity index (χ1) is 24.1. The lowest BCUT2D eigenvalue weighted by Gasteiger charge is -2.13. The molecule has 2 aromatic carbocycles. The maximum absolute atomic E-state index is 13.5. The Hall–Kier alpha value is -5.83. The molecule has 5 N–H and O–H groups in total. The SMILES string of the molecule is CCn1nc(C)cc1C(=O)Nc1nc2cc(C(N)=O)ccc2n1CCCCn1c(NC(=O)c2cc(C)nn2CC)nc2c(CNC)cccc21. The van der Waals surface area contributed by atoms with Crippen molar-refractivity contribution in [3.8, 4) is 0 Å². The van der Waals surface area contributed by atoms with Crippen molar-refractivity contribution in [2.24, 2.45) is 5.73 Å². The highest BCUT2D eigenvalue weighted by Crippen LogP contribution is 2.26. The summed E-state index contributed by atoms with van der Waals surface area (Å²) in [5.74, 6) is -0.357. The molecule has 0 aliphatic carbocycles. The van der Waals surface area contributed by atoms with Gasteiger partial charge >= 0.3 is 0 Å². The molecule has 4 aromatic heterocycles. The summed E-state index contributed by atoms with van der Waals surface area (Å²) in [6.45, 7) is 10.4. The smallest absolute Gasteiger partial charge is 0.276 e. The molecule has 0 fully saturated rings. The van der Waals surface area contributed by atoms with E-state index >= 15 is 0 Å². The topological polar surface area (TPSA) is 185 Å². The minimum Gasteiger partial charge on any atom is -0.366 e. The fourth-order valence-electron chi connectivity index (χ4n) is 6.27. The predicted molar refractivity (Wildman–Crippen MR) is 191 cm³/mol. The van der Waals surface area contributed by atoms with Gasteiger partial charge in [0.15, 0.2) is 0 Å². The number of nitrogens with two attached hydrogens (primary N) is 1. The third-order valence-electron chi connectivity index (χ3n) is 8.60. The minimum atomic E-state index is -0.558. The number of aryl methyl sites for hydroxylation is 6. The number of anilines is 2. The lowest BCUT2D eigenvalue weighted by atomic mass is 10.2. The van der Waals surface area contributed by atoms with E-state index in [1.54, 1.807) is 39.7 Å². The number of para-hydroxylation sites is 1. The van der Waals surface area contributed by atoms with Gasteiger partial charge in [-0.2, -0.15) is 10.2 Å². The summed E-state index contributed by atoms with van der Waals surface area (Å²) in [7, 11) is 1.89. The molecule has 260 valence electrons. The first kappa shape index (κ1) is 34.0. The van der Waals surface area contributed by atoms with Crippen LogP contribution in [0, 0.1) is 13.8 Å². The summed E-state index contributed by atoms with van der Waals surface area (Å²) >= 11 is 0. The molecule has 15 nitrogen and oxygen atoms in total. The van der Waals surface area contributed by atoms with E-state index in [1.165, 1.54) is 0 Å². The maximum atomic E-state index is 13.5. The van der Waals surface area contributed by atoms with Gasteiger partial charge < -0.3 is 20.2 Å². The van der Waals surface area contributed by atoms with Gasteiger partial charge in [-0.25, -0.2) is 9.97 Å². The number of hydrogen-bond acceptors (Lipinski definition) is 8. The molecule has 0 radical (unpaired) electrons. The van der Waals surface area contributed by atoms with Crippen LogP contribution >= 0.6 is 0 Å². The summed E-state index contributed by atoms with van der Waals surface area (Å²) in [4.78, 5) is 48.4. The molecule has 0 spiro atoms. The Morgan fingerprint density at radius 3 is 1.90 bits per heavy atom. The summed E-state index contributed by atoms with van der Waals surface area (Å²) < 4.78 is 7.30. The predicted octanol–water partition coefficient (Wildman–Crippen LogP) is 4.24. The van der Waals surface area contributed by atoms with Gasteiger partial charge in [-0.15, -0.1) is 0 Å². The Labute approximate surface area is 288 Å². The average Bonchev–Trinajstić information content (AvgIpc) is 3.85. The zero-order valence-corrected chi connectivity index (χ0v) is 28.9. The zero-order chi connectivity index (χ0) is 35.5. The number of carbonyl (C=O) groups excluding carboxylic acids is 3. The molecule has 6 rings (SSSR count). The monoisotopic (exact) mass is 678 g/mol. The molecular weight excluding hydrogens is 636 g/mol. The second-order valence-electron chi connectivity index (χ2n) is 12.1. The fraction of sp³-hybridized carbons (Fsp3) is 0.343. The molecule has 6 aromatic rings. The van der Waals surface area contributed by atoms with Gasteiger partial charge in [0, 0.05) is 38.3 Å². The van der Waals surface area contributed by atoms with E-state index in [2.05, 4.69) is 31.1 Å². The van der Waals surface area contributed by atoms with E-state index in [0.717, 1.165) is 33.5 Å². The largest absolute Gasteiger partial charge is 0.366 e. The molecule has 50 heavy (non-hydrogen) atoms. The molecule has 3 amide bonds. The quantitative estimate of drug-likeness (QED) is 0.123. The van der Waals surface area contributed by atoms with Crippen molar-refractivity contribution in [1.82, 2.24) is 44.0 Å². The standard InChI is InChI=1S/C35H42N12O3/c1-6-46-28(17-21(3)42-46)32(49)40-34-38-25-19-23(31(36)48)13-14-26(25)44(34)15-8-9-16-45-27-12-10-11-24(20-37-5)30(27)39-35(45)41-33(50)29-18-22(4)43-47(29)7-2/h10-14,17-19,37H,6-9,15-16,20H2,1-5H3,(H2,36,48)(H,38,40,49)(H,39,41,50). The Morgan fingerprint density at radius 1 is 0.760 bits per heavy atom. The van der Waals surface area contributed by atoms with Crippen LogP contribution in [-0.2, 0) is 32.7 Å². The van der Waals surface area contributed by atoms with Gasteiger partial charge in [0.2, 0.25) is 17.8 Å². The van der Waals surface area contributed by atoms with Crippen LogP contribution in [0.1, 0.15) is 75.0 Å². The first-order valence-corrected chi connectivity index (χ1v) is 16.8. The second-order valence-corrected chi connectivity index (χ2v) is 12.1. The normalized spacial score (nSPS) is 11.5. The number of imidazole rings is 2. The molecule has 0 aliphatic rings. The van der Waals surface area contributed by atoms with Crippen LogP contribution < -0.4 is 21.7 Å². The third kappa shape index (κ3) is 6.72. The zero-order valence-electron chi connectivity index (χ0n) is 28.9. The Balaban J connectivity index is 1.27. The van der Waals surface area contributed by atoms with Crippen LogP contribution in [0.2, 0.25) is 0 Å². The van der Waals surface area contributed by atoms with Crippen LogP contribution in [0.5, 0.6) is 0 Å². The lowest BCUT2D eigenvalue weighted by Crippen LogP contribution is -2.20. The highest BCUT2D eigenvalue weighted by Gasteiger charge is 2.21. The van der Waals surface area contributed by atoms with Gasteiger partial charge in [0.05, 0.1) is 33.5 Å². The Kier molecular flexibility index (Phi) is 9.76. The molecule has 0 unspecified atom stereocenters. The molecule has 4 heterocycles. The number of fused-ring (bicyclic) bond motifs is 2. The van der Waals surface area contributed by atoms with Crippen molar-refractivity contribution < 1.29 is 14.4 Å². The summed E-state index contributed by atoms with van der Waals surface area (Å²) in [6, 6.07) is 14.6. The number of aromatic nitrogens is 8. The number of unbranched alkanes of at least 4 members (excludes halogenated alkanes) is 1. The van der Waals surface area contributed by atoms with E-state index in [-0.39, 0.29) is 11.8 Å². The number of nitrogens with zero attached hydrogens (tertiary/aromatic N) is 8. The Morgan fingerprint density at radius 2 is 1.34 bits per heavy atom. The second kappa shape index (κ2) is 14.3. The number of rotatable bonds is 14.